The summed E-state index contributed by atoms with van der Waals surface area (Å²) in [6, 6.07) is 3.02. The first-order valence-electron chi connectivity index (χ1n) is 6.18. The van der Waals surface area contributed by atoms with Crippen LogP contribution >= 0.6 is 0 Å². The summed E-state index contributed by atoms with van der Waals surface area (Å²) in [5.74, 6) is -2.73. The zero-order valence-electron chi connectivity index (χ0n) is 12.1. The lowest BCUT2D eigenvalue weighted by Gasteiger charge is -2.14. The number of aromatic nitrogens is 1. The summed E-state index contributed by atoms with van der Waals surface area (Å²) < 4.78 is 64.3. The van der Waals surface area contributed by atoms with Crippen LogP contribution in [-0.2, 0) is 10.1 Å². The molecule has 1 N–H and O–H groups in total. The molecule has 0 aliphatic rings. The van der Waals surface area contributed by atoms with E-state index in [4.69, 9.17) is 5.11 Å². The van der Waals surface area contributed by atoms with Crippen molar-refractivity contribution in [1.82, 2.24) is 4.98 Å². The first-order valence-corrected chi connectivity index (χ1v) is 7.59. The van der Waals surface area contributed by atoms with Crippen LogP contribution in [0.4, 0.5) is 18.9 Å². The van der Waals surface area contributed by atoms with Crippen molar-refractivity contribution in [1.29, 1.82) is 0 Å². The van der Waals surface area contributed by atoms with Gasteiger partial charge in [0.25, 0.3) is 5.69 Å². The van der Waals surface area contributed by atoms with Crippen LogP contribution in [0.5, 0.6) is 5.75 Å². The highest BCUT2D eigenvalue weighted by Crippen LogP contribution is 2.37. The fourth-order valence-electron chi connectivity index (χ4n) is 1.96. The van der Waals surface area contributed by atoms with Crippen LogP contribution < -0.4 is 4.18 Å². The highest BCUT2D eigenvalue weighted by molar-refractivity contribution is 7.88. The second-order valence-electron chi connectivity index (χ2n) is 4.63. The molecule has 0 bridgehead atoms. The Morgan fingerprint density at radius 3 is 2.44 bits per heavy atom. The Bertz CT molecular complexity index is 1000. The Kier molecular flexibility index (Phi) is 4.29. The third kappa shape index (κ3) is 3.17. The third-order valence-corrected chi connectivity index (χ3v) is 4.01. The van der Waals surface area contributed by atoms with E-state index in [2.05, 4.69) is 9.17 Å². The van der Waals surface area contributed by atoms with Gasteiger partial charge in [-0.05, 0) is 13.0 Å². The predicted octanol–water partition coefficient (Wildman–Crippen LogP) is 2.38. The second kappa shape index (κ2) is 5.84. The van der Waals surface area contributed by atoms with Gasteiger partial charge in [0.05, 0.1) is 10.3 Å². The number of halogens is 3. The van der Waals surface area contributed by atoms with Crippen LogP contribution in [0, 0.1) is 17.0 Å². The molecule has 0 aliphatic heterocycles. The smallest absolute Gasteiger partial charge is 0.476 e. The third-order valence-electron chi connectivity index (χ3n) is 3.05. The molecule has 1 heterocycles. The van der Waals surface area contributed by atoms with E-state index in [0.29, 0.717) is 0 Å². The normalized spacial score (nSPS) is 12.2. The molecule has 0 aliphatic carbocycles. The molecule has 0 fully saturated rings. The van der Waals surface area contributed by atoms with E-state index in [0.717, 1.165) is 25.1 Å². The Morgan fingerprint density at radius 1 is 1.36 bits per heavy atom. The van der Waals surface area contributed by atoms with Crippen molar-refractivity contribution in [2.45, 2.75) is 12.4 Å². The molecular formula is C12H7F3N2O7S. The van der Waals surface area contributed by atoms with Crippen molar-refractivity contribution in [2.75, 3.05) is 0 Å². The molecule has 0 saturated carbocycles. The number of nitrogens with zero attached hydrogens (tertiary/aromatic N) is 2. The van der Waals surface area contributed by atoms with Gasteiger partial charge in [0.15, 0.2) is 17.0 Å². The molecule has 9 nitrogen and oxygen atoms in total. The van der Waals surface area contributed by atoms with Crippen molar-refractivity contribution in [3.8, 4) is 5.75 Å². The predicted molar refractivity (Wildman–Crippen MR) is 75.7 cm³/mol. The van der Waals surface area contributed by atoms with Gasteiger partial charge in [-0.15, -0.1) is 0 Å². The fraction of sp³-hybridized carbons (Fsp3) is 0.167. The number of hydrogen-bond donors (Lipinski definition) is 1. The molecule has 0 amide bonds. The maximum atomic E-state index is 12.6. The molecule has 0 unspecified atom stereocenters. The number of pyridine rings is 1. The van der Waals surface area contributed by atoms with Gasteiger partial charge in [-0.25, -0.2) is 9.78 Å². The number of aromatic carboxylic acids is 1. The van der Waals surface area contributed by atoms with Crippen LogP contribution in [-0.4, -0.2) is 34.9 Å². The summed E-state index contributed by atoms with van der Waals surface area (Å²) in [7, 11) is -6.13. The summed E-state index contributed by atoms with van der Waals surface area (Å²) in [5, 5.41) is 19.6. The highest BCUT2D eigenvalue weighted by Gasteiger charge is 2.49. The maximum Gasteiger partial charge on any atom is 0.534 e. The number of nitro groups is 1. The molecule has 1 aromatic carbocycles. The standard InChI is InChI=1S/C12H7F3N2O7S/c1-5-8(11(18)19)16-9-6(3-2-4-7(9)17(20)21)10(5)24-25(22,23)12(13,14)15/h2-4H,1H3,(H,18,19). The number of carboxylic acid groups (broad SMARTS) is 1. The topological polar surface area (TPSA) is 137 Å². The Balaban J connectivity index is 2.91. The van der Waals surface area contributed by atoms with Crippen LogP contribution in [0.15, 0.2) is 18.2 Å². The van der Waals surface area contributed by atoms with Gasteiger partial charge in [-0.3, -0.25) is 10.1 Å². The largest absolute Gasteiger partial charge is 0.534 e. The second-order valence-corrected chi connectivity index (χ2v) is 6.17. The summed E-state index contributed by atoms with van der Waals surface area (Å²) >= 11 is 0. The lowest BCUT2D eigenvalue weighted by Crippen LogP contribution is -2.28. The lowest BCUT2D eigenvalue weighted by molar-refractivity contribution is -0.383. The average Bonchev–Trinajstić information content (AvgIpc) is 2.47. The van der Waals surface area contributed by atoms with Gasteiger partial charge in [-0.2, -0.15) is 21.6 Å². The quantitative estimate of drug-likeness (QED) is 0.369. The minimum Gasteiger partial charge on any atom is -0.476 e. The Hall–Kier alpha value is -2.96. The molecule has 134 valence electrons. The van der Waals surface area contributed by atoms with Crippen LogP contribution in [0.1, 0.15) is 16.1 Å². The molecule has 0 radical (unpaired) electrons. The van der Waals surface area contributed by atoms with E-state index >= 15 is 0 Å². The number of rotatable bonds is 4. The first-order chi connectivity index (χ1) is 11.4. The van der Waals surface area contributed by atoms with Crippen LogP contribution in [0.3, 0.4) is 0 Å². The van der Waals surface area contributed by atoms with Crippen molar-refractivity contribution < 1.29 is 40.6 Å². The summed E-state index contributed by atoms with van der Waals surface area (Å²) in [6.45, 7) is 0.968. The number of carboxylic acids is 1. The first kappa shape index (κ1) is 18.4. The number of fused-ring (bicyclic) bond motifs is 1. The molecule has 1 aromatic heterocycles. The van der Waals surface area contributed by atoms with Crippen molar-refractivity contribution in [2.24, 2.45) is 0 Å². The zero-order chi connectivity index (χ0) is 19.2. The van der Waals surface area contributed by atoms with Crippen molar-refractivity contribution in [3.05, 3.63) is 39.6 Å². The number of hydrogen-bond acceptors (Lipinski definition) is 7. The van der Waals surface area contributed by atoms with E-state index in [1.807, 2.05) is 0 Å². The van der Waals surface area contributed by atoms with E-state index < -0.39 is 60.1 Å². The van der Waals surface area contributed by atoms with E-state index in [-0.39, 0.29) is 0 Å². The zero-order valence-corrected chi connectivity index (χ0v) is 12.9. The maximum absolute atomic E-state index is 12.6. The van der Waals surface area contributed by atoms with Gasteiger partial charge in [0.1, 0.15) is 0 Å². The van der Waals surface area contributed by atoms with Crippen LogP contribution in [0.2, 0.25) is 0 Å². The Morgan fingerprint density at radius 2 is 1.96 bits per heavy atom. The number of alkyl halides is 3. The van der Waals surface area contributed by atoms with Crippen LogP contribution in [0.25, 0.3) is 10.9 Å². The molecule has 0 spiro atoms. The minimum absolute atomic E-state index is 0.454. The van der Waals surface area contributed by atoms with Gasteiger partial charge in [-0.1, -0.05) is 6.07 Å². The lowest BCUT2D eigenvalue weighted by atomic mass is 10.1. The molecule has 2 aromatic rings. The molecule has 25 heavy (non-hydrogen) atoms. The minimum atomic E-state index is -6.13. The molecular weight excluding hydrogens is 373 g/mol. The summed E-state index contributed by atoms with van der Waals surface area (Å²) in [4.78, 5) is 24.8. The summed E-state index contributed by atoms with van der Waals surface area (Å²) in [5.41, 5.74) is -8.54. The number of para-hydroxylation sites is 1. The fourth-order valence-corrected chi connectivity index (χ4v) is 2.49. The van der Waals surface area contributed by atoms with E-state index in [9.17, 15) is 36.5 Å². The monoisotopic (exact) mass is 380 g/mol. The highest BCUT2D eigenvalue weighted by atomic mass is 32.2. The van der Waals surface area contributed by atoms with Gasteiger partial charge in [0, 0.05) is 11.6 Å². The number of benzene rings is 1. The number of carbonyl (C=O) groups is 1. The van der Waals surface area contributed by atoms with Crippen molar-refractivity contribution >= 4 is 32.7 Å². The SMILES string of the molecule is Cc1c(C(=O)O)nc2c([N+](=O)[O-])cccc2c1OS(=O)(=O)C(F)(F)F. The average molecular weight is 380 g/mol. The summed E-state index contributed by atoms with van der Waals surface area (Å²) in [6.07, 6.45) is 0. The van der Waals surface area contributed by atoms with E-state index in [1.165, 1.54) is 0 Å². The van der Waals surface area contributed by atoms with E-state index in [1.54, 1.807) is 0 Å². The number of nitro benzene ring substituents is 1. The Labute approximate surface area is 136 Å². The van der Waals surface area contributed by atoms with Gasteiger partial charge in [0.2, 0.25) is 0 Å². The molecule has 0 saturated heterocycles. The molecule has 2 rings (SSSR count). The molecule has 13 heteroatoms. The van der Waals surface area contributed by atoms with Crippen molar-refractivity contribution in [3.63, 3.8) is 0 Å². The van der Waals surface area contributed by atoms with Gasteiger partial charge >= 0.3 is 21.6 Å². The van der Waals surface area contributed by atoms with Gasteiger partial charge < -0.3 is 9.29 Å². The number of non-ortho nitro benzene ring substituents is 1. The molecule has 0 atom stereocenters.